The van der Waals surface area contributed by atoms with Crippen LogP contribution in [-0.4, -0.2) is 19.0 Å². The van der Waals surface area contributed by atoms with Crippen LogP contribution in [0.5, 0.6) is 0 Å². The van der Waals surface area contributed by atoms with Gasteiger partial charge in [-0.3, -0.25) is 0 Å². The van der Waals surface area contributed by atoms with Crippen molar-refractivity contribution in [1.29, 1.82) is 0 Å². The van der Waals surface area contributed by atoms with Crippen molar-refractivity contribution in [1.82, 2.24) is 0 Å². The molecule has 66 valence electrons. The Morgan fingerprint density at radius 2 is 1.75 bits per heavy atom. The van der Waals surface area contributed by atoms with Crippen LogP contribution in [0.1, 0.15) is 25.3 Å². The molecule has 1 atom stereocenters. The van der Waals surface area contributed by atoms with Crippen molar-refractivity contribution >= 4 is 19.3 Å². The molecular weight excluding hydrogens is 215 g/mol. The van der Waals surface area contributed by atoms with Gasteiger partial charge in [0.25, 0.3) is 0 Å². The van der Waals surface area contributed by atoms with Gasteiger partial charge in [-0.2, -0.15) is 0 Å². The van der Waals surface area contributed by atoms with E-state index in [-0.39, 0.29) is 0 Å². The second kappa shape index (κ2) is 3.97. The summed E-state index contributed by atoms with van der Waals surface area (Å²) in [6.07, 6.45) is 0. The van der Waals surface area contributed by atoms with E-state index < -0.39 is 14.9 Å². The van der Waals surface area contributed by atoms with E-state index in [1.54, 1.807) is 12.1 Å². The quantitative estimate of drug-likeness (QED) is 0.755. The SMILES string of the molecule is CC(C)c1ccc([AsH](=O)O)cc1. The van der Waals surface area contributed by atoms with Gasteiger partial charge in [0.15, 0.2) is 0 Å². The second-order valence-corrected chi connectivity index (χ2v) is 5.57. The first-order valence-electron chi connectivity index (χ1n) is 3.94. The zero-order valence-electron chi connectivity index (χ0n) is 7.24. The molecule has 12 heavy (non-hydrogen) atoms. The van der Waals surface area contributed by atoms with Crippen LogP contribution in [0.15, 0.2) is 24.3 Å². The predicted molar refractivity (Wildman–Crippen MR) is 50.2 cm³/mol. The van der Waals surface area contributed by atoms with Gasteiger partial charge in [-0.1, -0.05) is 0 Å². The molecule has 1 aromatic rings. The molecule has 0 heterocycles. The summed E-state index contributed by atoms with van der Waals surface area (Å²) in [6, 6.07) is 7.33. The molecule has 0 saturated heterocycles. The third-order valence-electron chi connectivity index (χ3n) is 1.82. The fourth-order valence-electron chi connectivity index (χ4n) is 1.01. The zero-order valence-corrected chi connectivity index (χ0v) is 9.34. The standard InChI is InChI=1S/C9H13AsO2/c1-7(2)8-3-5-9(6-4-8)10(11)12/h3-7,10H,1-2H3,(H,11,12). The van der Waals surface area contributed by atoms with Gasteiger partial charge >= 0.3 is 76.7 Å². The monoisotopic (exact) mass is 228 g/mol. The molecule has 0 spiro atoms. The fraction of sp³-hybridized carbons (Fsp3) is 0.333. The first-order valence-corrected chi connectivity index (χ1v) is 6.79. The normalized spacial score (nSPS) is 13.3. The van der Waals surface area contributed by atoms with Gasteiger partial charge in [-0.05, 0) is 0 Å². The van der Waals surface area contributed by atoms with Crippen molar-refractivity contribution in [2.75, 3.05) is 0 Å². The van der Waals surface area contributed by atoms with Gasteiger partial charge in [0.05, 0.1) is 0 Å². The Balaban J connectivity index is 2.93. The molecule has 1 aromatic carbocycles. The summed E-state index contributed by atoms with van der Waals surface area (Å²) in [6.45, 7) is 4.20. The summed E-state index contributed by atoms with van der Waals surface area (Å²) in [5.74, 6) is 0.479. The molecule has 0 aliphatic carbocycles. The summed E-state index contributed by atoms with van der Waals surface area (Å²) in [5, 5.41) is 0. The topological polar surface area (TPSA) is 37.3 Å². The first kappa shape index (κ1) is 9.63. The molecule has 0 aromatic heterocycles. The molecule has 0 fully saturated rings. The van der Waals surface area contributed by atoms with Crippen LogP contribution in [0.3, 0.4) is 0 Å². The Hall–Kier alpha value is -0.462. The molecule has 1 unspecified atom stereocenters. The Bertz CT molecular complexity index is 277. The molecule has 0 saturated carbocycles. The average Bonchev–Trinajstić information content (AvgIpc) is 2.04. The van der Waals surface area contributed by atoms with Crippen molar-refractivity contribution in [2.45, 2.75) is 19.8 Å². The van der Waals surface area contributed by atoms with Gasteiger partial charge in [-0.25, -0.2) is 0 Å². The molecule has 0 aliphatic rings. The molecular formula is C9H13AsO2. The second-order valence-electron chi connectivity index (χ2n) is 3.08. The van der Waals surface area contributed by atoms with E-state index in [0.717, 1.165) is 0 Å². The summed E-state index contributed by atoms with van der Waals surface area (Å²) in [7, 11) is 0. The number of benzene rings is 1. The maximum absolute atomic E-state index is 10.7. The van der Waals surface area contributed by atoms with Gasteiger partial charge in [0.1, 0.15) is 0 Å². The van der Waals surface area contributed by atoms with Crippen LogP contribution in [0.25, 0.3) is 0 Å². The van der Waals surface area contributed by atoms with Crippen molar-refractivity contribution in [2.24, 2.45) is 0 Å². The van der Waals surface area contributed by atoms with Crippen molar-refractivity contribution in [3.8, 4) is 0 Å². The van der Waals surface area contributed by atoms with Gasteiger partial charge < -0.3 is 0 Å². The third kappa shape index (κ3) is 2.26. The Kier molecular flexibility index (Phi) is 3.19. The van der Waals surface area contributed by atoms with Crippen LogP contribution in [0.2, 0.25) is 0 Å². The van der Waals surface area contributed by atoms with E-state index in [1.807, 2.05) is 12.1 Å². The number of hydrogen-bond donors (Lipinski definition) is 1. The molecule has 2 nitrogen and oxygen atoms in total. The summed E-state index contributed by atoms with van der Waals surface area (Å²) in [4.78, 5) is 0. The summed E-state index contributed by atoms with van der Waals surface area (Å²) >= 11 is -3.08. The molecule has 1 N–H and O–H groups in total. The summed E-state index contributed by atoms with van der Waals surface area (Å²) < 4.78 is 20.2. The van der Waals surface area contributed by atoms with Gasteiger partial charge in [0.2, 0.25) is 0 Å². The summed E-state index contributed by atoms with van der Waals surface area (Å²) in [5.41, 5.74) is 1.21. The molecule has 1 rings (SSSR count). The van der Waals surface area contributed by atoms with Crippen molar-refractivity contribution in [3.05, 3.63) is 29.8 Å². The van der Waals surface area contributed by atoms with E-state index in [9.17, 15) is 3.74 Å². The van der Waals surface area contributed by atoms with E-state index in [2.05, 4.69) is 13.8 Å². The minimum atomic E-state index is -3.08. The average molecular weight is 228 g/mol. The van der Waals surface area contributed by atoms with Crippen molar-refractivity contribution < 1.29 is 7.84 Å². The maximum atomic E-state index is 10.7. The molecule has 0 radical (unpaired) electrons. The number of hydrogen-bond acceptors (Lipinski definition) is 1. The third-order valence-corrected chi connectivity index (χ3v) is 3.56. The Morgan fingerprint density at radius 3 is 2.08 bits per heavy atom. The fourth-order valence-corrected chi connectivity index (χ4v) is 1.96. The van der Waals surface area contributed by atoms with E-state index >= 15 is 0 Å². The molecule has 0 bridgehead atoms. The Morgan fingerprint density at radius 1 is 1.25 bits per heavy atom. The van der Waals surface area contributed by atoms with E-state index in [0.29, 0.717) is 10.3 Å². The molecule has 3 heteroatoms. The number of rotatable bonds is 2. The minimum absolute atomic E-state index is 0.479. The van der Waals surface area contributed by atoms with E-state index in [1.165, 1.54) is 5.56 Å². The zero-order chi connectivity index (χ0) is 9.14. The van der Waals surface area contributed by atoms with Crippen molar-refractivity contribution in [3.63, 3.8) is 0 Å². The predicted octanol–water partition coefficient (Wildman–Crippen LogP) is 0.660. The first-order chi connectivity index (χ1) is 5.61. The van der Waals surface area contributed by atoms with Crippen LogP contribution >= 0.6 is 0 Å². The van der Waals surface area contributed by atoms with E-state index in [4.69, 9.17) is 4.10 Å². The van der Waals surface area contributed by atoms with Gasteiger partial charge in [0, 0.05) is 0 Å². The van der Waals surface area contributed by atoms with Gasteiger partial charge in [-0.15, -0.1) is 0 Å². The van der Waals surface area contributed by atoms with Crippen LogP contribution in [-0.2, 0) is 3.74 Å². The molecule has 0 aliphatic heterocycles. The Labute approximate surface area is 77.1 Å². The van der Waals surface area contributed by atoms with Crippen LogP contribution in [0.4, 0.5) is 0 Å². The van der Waals surface area contributed by atoms with Crippen LogP contribution < -0.4 is 4.35 Å². The molecule has 0 amide bonds. The van der Waals surface area contributed by atoms with Crippen LogP contribution in [0, 0.1) is 0 Å².